The highest BCUT2D eigenvalue weighted by molar-refractivity contribution is 8.00. The van der Waals surface area contributed by atoms with E-state index in [0.717, 1.165) is 41.2 Å². The maximum Gasteiger partial charge on any atom is 0.151 e. The number of rotatable bonds is 12. The van der Waals surface area contributed by atoms with Crippen LogP contribution in [0.1, 0.15) is 27.9 Å². The Morgan fingerprint density at radius 3 is 1.98 bits per heavy atom. The molecule has 0 bridgehead atoms. The predicted molar refractivity (Wildman–Crippen MR) is 193 cm³/mol. The Hall–Kier alpha value is -4.91. The first-order valence-electron chi connectivity index (χ1n) is 16.1. The fourth-order valence-corrected chi connectivity index (χ4v) is 7.75. The molecule has 7 rings (SSSR count). The number of para-hydroxylation sites is 1. The first kappa shape index (κ1) is 30.7. The normalized spacial score (nSPS) is 15.3. The molecule has 0 saturated carbocycles. The maximum atomic E-state index is 5.92. The number of hydrogen-bond acceptors (Lipinski definition) is 6. The molecule has 0 aliphatic carbocycles. The number of pyridine rings is 1. The molecule has 2 heterocycles. The first-order chi connectivity index (χ1) is 23.3. The quantitative estimate of drug-likeness (QED) is 0.0584. The van der Waals surface area contributed by atoms with Crippen LogP contribution in [0.4, 0.5) is 0 Å². The molecule has 1 aromatic heterocycles. The fraction of sp³-hybridized carbons (Fsp3) is 0.171. The Labute approximate surface area is 280 Å². The Bertz CT molecular complexity index is 1800. The van der Waals surface area contributed by atoms with Crippen LogP contribution in [0.15, 0.2) is 157 Å². The van der Waals surface area contributed by atoms with Crippen LogP contribution in [0.3, 0.4) is 0 Å². The van der Waals surface area contributed by atoms with Crippen LogP contribution in [0.25, 0.3) is 10.9 Å². The van der Waals surface area contributed by atoms with E-state index in [1.165, 1.54) is 22.3 Å². The van der Waals surface area contributed by atoms with Crippen LogP contribution >= 0.6 is 11.8 Å². The molecule has 6 heteroatoms. The van der Waals surface area contributed by atoms with Gasteiger partial charge in [0.15, 0.2) is 6.61 Å². The lowest BCUT2D eigenvalue weighted by Gasteiger charge is -2.43. The number of oxime groups is 1. The molecular formula is C41H37N3O2S. The molecule has 5 aromatic carbocycles. The smallest absolute Gasteiger partial charge is 0.151 e. The number of ether oxygens (including phenoxy) is 1. The number of benzene rings is 5. The molecule has 0 N–H and O–H groups in total. The van der Waals surface area contributed by atoms with Gasteiger partial charge in [0.2, 0.25) is 0 Å². The van der Waals surface area contributed by atoms with Crippen molar-refractivity contribution in [2.24, 2.45) is 5.16 Å². The largest absolute Gasteiger partial charge is 0.490 e. The van der Waals surface area contributed by atoms with Gasteiger partial charge in [0, 0.05) is 23.1 Å². The van der Waals surface area contributed by atoms with Crippen molar-refractivity contribution >= 4 is 28.9 Å². The maximum absolute atomic E-state index is 5.92. The highest BCUT2D eigenvalue weighted by atomic mass is 32.2. The van der Waals surface area contributed by atoms with E-state index >= 15 is 0 Å². The molecule has 1 unspecified atom stereocenters. The van der Waals surface area contributed by atoms with E-state index in [-0.39, 0.29) is 5.54 Å². The summed E-state index contributed by atoms with van der Waals surface area (Å²) < 4.78 is 5.92. The van der Waals surface area contributed by atoms with Crippen LogP contribution in [-0.4, -0.2) is 47.0 Å². The summed E-state index contributed by atoms with van der Waals surface area (Å²) in [5.41, 5.74) is 6.51. The summed E-state index contributed by atoms with van der Waals surface area (Å²) in [7, 11) is 0. The van der Waals surface area contributed by atoms with Gasteiger partial charge in [-0.1, -0.05) is 133 Å². The van der Waals surface area contributed by atoms with Gasteiger partial charge >= 0.3 is 0 Å². The Morgan fingerprint density at radius 1 is 0.702 bits per heavy atom. The van der Waals surface area contributed by atoms with Gasteiger partial charge in [-0.2, -0.15) is 0 Å². The molecule has 0 radical (unpaired) electrons. The minimum atomic E-state index is -0.374. The third kappa shape index (κ3) is 6.94. The van der Waals surface area contributed by atoms with Crippen molar-refractivity contribution < 1.29 is 9.57 Å². The zero-order chi connectivity index (χ0) is 31.7. The predicted octanol–water partition coefficient (Wildman–Crippen LogP) is 8.57. The van der Waals surface area contributed by atoms with Gasteiger partial charge in [0.25, 0.3) is 0 Å². The summed E-state index contributed by atoms with van der Waals surface area (Å²) in [5, 5.41) is 5.63. The van der Waals surface area contributed by atoms with E-state index in [0.29, 0.717) is 18.5 Å². The van der Waals surface area contributed by atoms with Crippen LogP contribution in [0.5, 0.6) is 5.75 Å². The van der Waals surface area contributed by atoms with E-state index < -0.39 is 0 Å². The third-order valence-corrected chi connectivity index (χ3v) is 9.90. The van der Waals surface area contributed by atoms with Gasteiger partial charge in [-0.05, 0) is 52.9 Å². The molecule has 0 amide bonds. The molecule has 1 aliphatic heterocycles. The lowest BCUT2D eigenvalue weighted by molar-refractivity contribution is 0.108. The monoisotopic (exact) mass is 635 g/mol. The number of hydrogen-bond donors (Lipinski definition) is 0. The van der Waals surface area contributed by atoms with E-state index in [4.69, 9.17) is 9.57 Å². The van der Waals surface area contributed by atoms with E-state index in [1.807, 2.05) is 48.2 Å². The highest BCUT2D eigenvalue weighted by Gasteiger charge is 2.45. The first-order valence-corrected chi connectivity index (χ1v) is 17.1. The zero-order valence-electron chi connectivity index (χ0n) is 26.2. The van der Waals surface area contributed by atoms with E-state index in [9.17, 15) is 0 Å². The molecule has 234 valence electrons. The van der Waals surface area contributed by atoms with Crippen molar-refractivity contribution in [2.75, 3.05) is 25.6 Å². The Balaban J connectivity index is 0.968. The third-order valence-electron chi connectivity index (χ3n) is 8.65. The average Bonchev–Trinajstić information content (AvgIpc) is 3.60. The second-order valence-electron chi connectivity index (χ2n) is 11.6. The average molecular weight is 636 g/mol. The van der Waals surface area contributed by atoms with Gasteiger partial charge in [-0.3, -0.25) is 4.90 Å². The molecule has 0 spiro atoms. The minimum Gasteiger partial charge on any atom is -0.490 e. The number of nitrogens with zero attached hydrogens (tertiary/aromatic N) is 3. The summed E-state index contributed by atoms with van der Waals surface area (Å²) in [5.74, 6) is 1.78. The number of thioether (sulfide) groups is 1. The summed E-state index contributed by atoms with van der Waals surface area (Å²) in [6, 6.07) is 53.3. The molecule has 1 fully saturated rings. The van der Waals surface area contributed by atoms with Crippen molar-refractivity contribution in [3.8, 4) is 5.75 Å². The number of fused-ring (bicyclic) bond motifs is 1. The topological polar surface area (TPSA) is 47.0 Å². The molecule has 6 aromatic rings. The molecular weight excluding hydrogens is 599 g/mol. The van der Waals surface area contributed by atoms with Crippen molar-refractivity contribution in [3.05, 3.63) is 180 Å². The second kappa shape index (κ2) is 14.7. The zero-order valence-corrected chi connectivity index (χ0v) is 27.0. The van der Waals surface area contributed by atoms with Crippen molar-refractivity contribution in [2.45, 2.75) is 17.2 Å². The Morgan fingerprint density at radius 2 is 1.32 bits per heavy atom. The minimum absolute atomic E-state index is 0.354. The van der Waals surface area contributed by atoms with Crippen molar-refractivity contribution in [1.82, 2.24) is 9.88 Å². The lowest BCUT2D eigenvalue weighted by atomic mass is 9.75. The van der Waals surface area contributed by atoms with Crippen LogP contribution < -0.4 is 4.74 Å². The molecule has 47 heavy (non-hydrogen) atoms. The van der Waals surface area contributed by atoms with E-state index in [1.54, 1.807) is 6.21 Å². The second-order valence-corrected chi connectivity index (χ2v) is 12.9. The van der Waals surface area contributed by atoms with Crippen molar-refractivity contribution in [3.63, 3.8) is 0 Å². The van der Waals surface area contributed by atoms with Gasteiger partial charge in [0.05, 0.1) is 23.0 Å². The van der Waals surface area contributed by atoms with Crippen LogP contribution in [0, 0.1) is 0 Å². The van der Waals surface area contributed by atoms with Crippen molar-refractivity contribution in [1.29, 1.82) is 0 Å². The van der Waals surface area contributed by atoms with Gasteiger partial charge in [-0.15, -0.1) is 11.8 Å². The summed E-state index contributed by atoms with van der Waals surface area (Å²) in [4.78, 5) is 12.7. The summed E-state index contributed by atoms with van der Waals surface area (Å²) in [6.07, 6.45) is 2.63. The fourth-order valence-electron chi connectivity index (χ4n) is 6.47. The van der Waals surface area contributed by atoms with Gasteiger partial charge in [0.1, 0.15) is 12.4 Å². The lowest BCUT2D eigenvalue weighted by Crippen LogP contribution is -2.47. The molecule has 1 aliphatic rings. The summed E-state index contributed by atoms with van der Waals surface area (Å²) in [6.45, 7) is 1.75. The molecule has 5 nitrogen and oxygen atoms in total. The van der Waals surface area contributed by atoms with Gasteiger partial charge < -0.3 is 9.57 Å². The molecule has 1 saturated heterocycles. The Kier molecular flexibility index (Phi) is 9.59. The standard InChI is InChI=1S/C41H37N3O2S/c1-4-13-34(14-5-1)41(35-15-6-2-7-16-35,36-17-8-3-9-18-36)44-30-39(47-31-44)28-32-20-24-38(25-21-32)45-26-27-46-42-29-37-23-22-33-12-10-11-19-40(33)43-37/h1-25,29,39H,26-28,30-31H2. The van der Waals surface area contributed by atoms with Gasteiger partial charge in [-0.25, -0.2) is 4.98 Å². The van der Waals surface area contributed by atoms with Crippen LogP contribution in [0.2, 0.25) is 0 Å². The number of aromatic nitrogens is 1. The summed E-state index contributed by atoms with van der Waals surface area (Å²) >= 11 is 2.04. The van der Waals surface area contributed by atoms with Crippen LogP contribution in [-0.2, 0) is 16.8 Å². The highest BCUT2D eigenvalue weighted by Crippen LogP contribution is 2.46. The van der Waals surface area contributed by atoms with E-state index in [2.05, 4.69) is 130 Å². The SMILES string of the molecule is C(=NOCCOc1ccc(CC2CN(C(c3ccccc3)(c3ccccc3)c3ccccc3)CS2)cc1)c1ccc2ccccc2n1. The molecule has 1 atom stereocenters.